The molecule has 0 aliphatic rings. The number of hydrogen-bond donors (Lipinski definition) is 0. The molecule has 6 rings (SSSR count). The van der Waals surface area contributed by atoms with Crippen LogP contribution in [-0.4, -0.2) is 0 Å². The van der Waals surface area contributed by atoms with Crippen molar-refractivity contribution in [1.82, 2.24) is 0 Å². The van der Waals surface area contributed by atoms with Crippen LogP contribution in [0, 0.1) is 0 Å². The van der Waals surface area contributed by atoms with Gasteiger partial charge in [-0.1, -0.05) is 88.0 Å². The van der Waals surface area contributed by atoms with Gasteiger partial charge in [-0.15, -0.1) is 0 Å². The fourth-order valence-corrected chi connectivity index (χ4v) is 6.20. The van der Waals surface area contributed by atoms with E-state index in [4.69, 9.17) is 0 Å². The van der Waals surface area contributed by atoms with Gasteiger partial charge in [0.25, 0.3) is 0 Å². The Kier molecular flexibility index (Phi) is 5.18. The van der Waals surface area contributed by atoms with E-state index in [9.17, 15) is 0 Å². The van der Waals surface area contributed by atoms with Crippen molar-refractivity contribution in [2.24, 2.45) is 0 Å². The zero-order valence-corrected chi connectivity index (χ0v) is 22.9. The fourth-order valence-electron chi connectivity index (χ4n) is 4.69. The second-order valence-corrected chi connectivity index (χ2v) is 11.6. The highest BCUT2D eigenvalue weighted by Crippen LogP contribution is 2.45. The van der Waals surface area contributed by atoms with Crippen LogP contribution in [0.25, 0.3) is 54.2 Å². The minimum absolute atomic E-state index is 1.08. The molecule has 0 atom stereocenters. The van der Waals surface area contributed by atoms with E-state index in [1.165, 1.54) is 54.2 Å². The predicted molar refractivity (Wildman–Crippen MR) is 153 cm³/mol. The van der Waals surface area contributed by atoms with E-state index in [0.717, 1.165) is 17.9 Å². The minimum atomic E-state index is 1.08. The van der Waals surface area contributed by atoms with Gasteiger partial charge in [0.2, 0.25) is 0 Å². The molecule has 0 radical (unpaired) electrons. The number of fused-ring (bicyclic) bond motifs is 4. The summed E-state index contributed by atoms with van der Waals surface area (Å²) in [4.78, 5) is 0. The Hall–Kier alpha value is -1.72. The Morgan fingerprint density at radius 2 is 0.562 bits per heavy atom. The van der Waals surface area contributed by atoms with Gasteiger partial charge in [-0.25, -0.2) is 0 Å². The van der Waals surface area contributed by atoms with Crippen LogP contribution in [0.5, 0.6) is 0 Å². The molecule has 0 fully saturated rings. The predicted octanol–water partition coefficient (Wildman–Crippen LogP) is 11.0. The third kappa shape index (κ3) is 3.43. The first kappa shape index (κ1) is 20.9. The molecule has 0 nitrogen and oxygen atoms in total. The van der Waals surface area contributed by atoms with Crippen molar-refractivity contribution in [2.45, 2.75) is 0 Å². The Labute approximate surface area is 219 Å². The molecule has 0 bridgehead atoms. The molecule has 0 amide bonds. The quantitative estimate of drug-likeness (QED) is 0.153. The van der Waals surface area contributed by atoms with Gasteiger partial charge in [0.05, 0.1) is 0 Å². The van der Waals surface area contributed by atoms with Crippen LogP contribution >= 0.6 is 63.7 Å². The first-order valence-electron chi connectivity index (χ1n) is 10.1. The normalized spacial score (nSPS) is 11.8. The maximum absolute atomic E-state index is 3.67. The Morgan fingerprint density at radius 3 is 0.812 bits per heavy atom. The smallest absolute Gasteiger partial charge is 0.0181 e. The molecule has 0 aliphatic heterocycles. The summed E-state index contributed by atoms with van der Waals surface area (Å²) in [6.07, 6.45) is 0. The molecule has 0 saturated heterocycles. The highest BCUT2D eigenvalue weighted by atomic mass is 79.9. The van der Waals surface area contributed by atoms with Gasteiger partial charge in [0.1, 0.15) is 0 Å². The molecule has 0 N–H and O–H groups in total. The average molecular weight is 670 g/mol. The summed E-state index contributed by atoms with van der Waals surface area (Å²) < 4.78 is 4.34. The molecule has 0 saturated carbocycles. The molecule has 154 valence electrons. The van der Waals surface area contributed by atoms with E-state index >= 15 is 0 Å². The summed E-state index contributed by atoms with van der Waals surface area (Å²) in [6, 6.07) is 30.9. The molecular weight excluding hydrogens is 656 g/mol. The summed E-state index contributed by atoms with van der Waals surface area (Å²) in [7, 11) is 0. The van der Waals surface area contributed by atoms with Crippen molar-refractivity contribution in [3.8, 4) is 11.1 Å². The van der Waals surface area contributed by atoms with E-state index in [1.54, 1.807) is 0 Å². The molecule has 32 heavy (non-hydrogen) atoms. The summed E-state index contributed by atoms with van der Waals surface area (Å²) in [5.41, 5.74) is 2.55. The van der Waals surface area contributed by atoms with Gasteiger partial charge in [-0.05, 0) is 115 Å². The zero-order chi connectivity index (χ0) is 22.0. The van der Waals surface area contributed by atoms with Gasteiger partial charge < -0.3 is 0 Å². The van der Waals surface area contributed by atoms with Crippen LogP contribution in [0.2, 0.25) is 0 Å². The zero-order valence-electron chi connectivity index (χ0n) is 16.6. The highest BCUT2D eigenvalue weighted by Gasteiger charge is 2.17. The van der Waals surface area contributed by atoms with Gasteiger partial charge in [-0.2, -0.15) is 0 Å². The lowest BCUT2D eigenvalue weighted by Crippen LogP contribution is -1.90. The average Bonchev–Trinajstić information content (AvgIpc) is 2.75. The molecule has 0 aliphatic carbocycles. The maximum Gasteiger partial charge on any atom is 0.0181 e. The van der Waals surface area contributed by atoms with Crippen LogP contribution < -0.4 is 0 Å². The van der Waals surface area contributed by atoms with E-state index in [2.05, 4.69) is 149 Å². The molecule has 0 heterocycles. The van der Waals surface area contributed by atoms with Crippen molar-refractivity contribution in [3.05, 3.63) is 103 Å². The van der Waals surface area contributed by atoms with Crippen LogP contribution in [-0.2, 0) is 0 Å². The van der Waals surface area contributed by atoms with Crippen molar-refractivity contribution in [3.63, 3.8) is 0 Å². The number of halogens is 4. The lowest BCUT2D eigenvalue weighted by Gasteiger charge is -2.18. The Morgan fingerprint density at radius 1 is 0.312 bits per heavy atom. The van der Waals surface area contributed by atoms with E-state index in [0.29, 0.717) is 0 Å². The van der Waals surface area contributed by atoms with Gasteiger partial charge in [0, 0.05) is 17.9 Å². The minimum Gasteiger partial charge on any atom is -0.0526 e. The monoisotopic (exact) mass is 666 g/mol. The second kappa shape index (κ2) is 7.95. The fraction of sp³-hybridized carbons (Fsp3) is 0. The van der Waals surface area contributed by atoms with E-state index in [1.807, 2.05) is 0 Å². The topological polar surface area (TPSA) is 0 Å². The van der Waals surface area contributed by atoms with E-state index in [-0.39, 0.29) is 0 Å². The van der Waals surface area contributed by atoms with Crippen LogP contribution in [0.4, 0.5) is 0 Å². The molecular formula is C28H14Br4. The number of rotatable bonds is 1. The molecule has 6 aromatic carbocycles. The SMILES string of the molecule is Brc1ccc2c(-c3c4ccc(Br)cc4cc4cc(Br)ccc34)c3ccc(Br)cc3cc2c1. The largest absolute Gasteiger partial charge is 0.0526 e. The van der Waals surface area contributed by atoms with Crippen molar-refractivity contribution in [1.29, 1.82) is 0 Å². The summed E-state index contributed by atoms with van der Waals surface area (Å²) >= 11 is 14.7. The maximum atomic E-state index is 3.67. The van der Waals surface area contributed by atoms with Crippen LogP contribution in [0.3, 0.4) is 0 Å². The lowest BCUT2D eigenvalue weighted by molar-refractivity contribution is 1.67. The molecule has 6 aromatic rings. The Balaban J connectivity index is 1.91. The van der Waals surface area contributed by atoms with Crippen molar-refractivity contribution < 1.29 is 0 Å². The van der Waals surface area contributed by atoms with Gasteiger partial charge >= 0.3 is 0 Å². The summed E-state index contributed by atoms with van der Waals surface area (Å²) in [5.74, 6) is 0. The second-order valence-electron chi connectivity index (χ2n) is 7.96. The van der Waals surface area contributed by atoms with E-state index < -0.39 is 0 Å². The molecule has 0 aromatic heterocycles. The van der Waals surface area contributed by atoms with Crippen molar-refractivity contribution in [2.75, 3.05) is 0 Å². The first-order chi connectivity index (χ1) is 15.5. The Bertz CT molecular complexity index is 1470. The lowest BCUT2D eigenvalue weighted by atomic mass is 9.86. The first-order valence-corrected chi connectivity index (χ1v) is 13.3. The summed E-state index contributed by atoms with van der Waals surface area (Å²) in [5, 5.41) is 9.90. The molecule has 0 unspecified atom stereocenters. The number of hydrogen-bond acceptors (Lipinski definition) is 0. The van der Waals surface area contributed by atoms with Gasteiger partial charge in [0.15, 0.2) is 0 Å². The van der Waals surface area contributed by atoms with Crippen LogP contribution in [0.15, 0.2) is 103 Å². The number of benzene rings is 6. The summed E-state index contributed by atoms with van der Waals surface area (Å²) in [6.45, 7) is 0. The highest BCUT2D eigenvalue weighted by molar-refractivity contribution is 9.11. The molecule has 4 heteroatoms. The van der Waals surface area contributed by atoms with Gasteiger partial charge in [-0.3, -0.25) is 0 Å². The third-order valence-corrected chi connectivity index (χ3v) is 7.98. The standard InChI is InChI=1S/C28H14Br4/c29-19-1-5-23-15(11-19)9-16-12-20(30)2-6-24(16)27(23)28-25-7-3-21(31)13-17(25)10-18-14-22(32)4-8-26(18)28/h1-14H. The molecule has 0 spiro atoms. The van der Waals surface area contributed by atoms with Crippen LogP contribution in [0.1, 0.15) is 0 Å². The third-order valence-electron chi connectivity index (χ3n) is 6.00. The van der Waals surface area contributed by atoms with Crippen molar-refractivity contribution >= 4 is 107 Å².